The van der Waals surface area contributed by atoms with Gasteiger partial charge in [-0.3, -0.25) is 0 Å². The summed E-state index contributed by atoms with van der Waals surface area (Å²) in [5.74, 6) is 1.17. The van der Waals surface area contributed by atoms with E-state index in [2.05, 4.69) is 0 Å². The van der Waals surface area contributed by atoms with Crippen LogP contribution in [0.1, 0.15) is 17.2 Å². The molecule has 1 aromatic carbocycles. The van der Waals surface area contributed by atoms with Gasteiger partial charge >= 0.3 is 0 Å². The first-order valence-electron chi connectivity index (χ1n) is 5.27. The van der Waals surface area contributed by atoms with Gasteiger partial charge in [0.2, 0.25) is 0 Å². The Labute approximate surface area is 100 Å². The van der Waals surface area contributed by atoms with Crippen LogP contribution in [0.25, 0.3) is 0 Å². The van der Waals surface area contributed by atoms with Crippen molar-refractivity contribution in [2.75, 3.05) is 6.54 Å². The van der Waals surface area contributed by atoms with Gasteiger partial charge in [-0.25, -0.2) is 0 Å². The van der Waals surface area contributed by atoms with Crippen molar-refractivity contribution in [3.05, 3.63) is 59.0 Å². The molecule has 2 N–H and O–H groups in total. The summed E-state index contributed by atoms with van der Waals surface area (Å²) < 4.78 is 5.38. The summed E-state index contributed by atoms with van der Waals surface area (Å²) >= 11 is 5.84. The summed E-state index contributed by atoms with van der Waals surface area (Å²) in [5.41, 5.74) is 6.97. The molecule has 0 aliphatic carbocycles. The Kier molecular flexibility index (Phi) is 3.65. The maximum Gasteiger partial charge on any atom is 0.108 e. The molecule has 0 spiro atoms. The molecule has 0 aliphatic rings. The first-order chi connectivity index (χ1) is 7.79. The van der Waals surface area contributed by atoms with Crippen LogP contribution >= 0.6 is 11.6 Å². The van der Waals surface area contributed by atoms with Gasteiger partial charge < -0.3 is 10.2 Å². The third kappa shape index (κ3) is 2.65. The van der Waals surface area contributed by atoms with E-state index in [9.17, 15) is 0 Å². The highest BCUT2D eigenvalue weighted by atomic mass is 35.5. The molecule has 0 aliphatic heterocycles. The fraction of sp³-hybridized carbons (Fsp3) is 0.231. The van der Waals surface area contributed by atoms with E-state index in [1.54, 1.807) is 6.26 Å². The van der Waals surface area contributed by atoms with Crippen molar-refractivity contribution in [1.29, 1.82) is 0 Å². The lowest BCUT2D eigenvalue weighted by Crippen LogP contribution is -2.14. The molecule has 0 amide bonds. The van der Waals surface area contributed by atoms with Crippen LogP contribution in [0.4, 0.5) is 0 Å². The molecule has 0 radical (unpaired) electrons. The van der Waals surface area contributed by atoms with Gasteiger partial charge in [-0.15, -0.1) is 0 Å². The zero-order valence-corrected chi connectivity index (χ0v) is 9.65. The quantitative estimate of drug-likeness (QED) is 0.884. The summed E-state index contributed by atoms with van der Waals surface area (Å²) in [7, 11) is 0. The van der Waals surface area contributed by atoms with Crippen LogP contribution in [0.3, 0.4) is 0 Å². The van der Waals surface area contributed by atoms with Crippen molar-refractivity contribution >= 4 is 11.6 Å². The maximum absolute atomic E-state index is 5.84. The summed E-state index contributed by atoms with van der Waals surface area (Å²) in [6, 6.07) is 11.7. The van der Waals surface area contributed by atoms with E-state index in [1.165, 1.54) is 5.56 Å². The van der Waals surface area contributed by atoms with Crippen LogP contribution in [-0.4, -0.2) is 6.54 Å². The lowest BCUT2D eigenvalue weighted by Gasteiger charge is -2.11. The number of hydrogen-bond acceptors (Lipinski definition) is 2. The smallest absolute Gasteiger partial charge is 0.108 e. The van der Waals surface area contributed by atoms with Crippen molar-refractivity contribution in [3.8, 4) is 0 Å². The summed E-state index contributed by atoms with van der Waals surface area (Å²) in [6.07, 6.45) is 2.56. The van der Waals surface area contributed by atoms with Gasteiger partial charge in [-0.2, -0.15) is 0 Å². The molecule has 1 heterocycles. The zero-order chi connectivity index (χ0) is 11.4. The van der Waals surface area contributed by atoms with E-state index in [0.29, 0.717) is 6.54 Å². The molecular formula is C13H14ClNO. The number of nitrogens with two attached hydrogens (primary N) is 1. The molecule has 0 saturated carbocycles. The SMILES string of the molecule is NCC(Cc1ccc(Cl)cc1)c1ccco1. The molecule has 1 atom stereocenters. The van der Waals surface area contributed by atoms with Crippen LogP contribution in [0.2, 0.25) is 5.02 Å². The lowest BCUT2D eigenvalue weighted by atomic mass is 9.97. The van der Waals surface area contributed by atoms with Crippen molar-refractivity contribution < 1.29 is 4.42 Å². The van der Waals surface area contributed by atoms with Crippen LogP contribution in [0, 0.1) is 0 Å². The minimum Gasteiger partial charge on any atom is -0.469 e. The Morgan fingerprint density at radius 3 is 2.50 bits per heavy atom. The molecule has 16 heavy (non-hydrogen) atoms. The maximum atomic E-state index is 5.84. The highest BCUT2D eigenvalue weighted by Gasteiger charge is 2.12. The summed E-state index contributed by atoms with van der Waals surface area (Å²) in [4.78, 5) is 0. The second-order valence-corrected chi connectivity index (χ2v) is 4.22. The number of furan rings is 1. The molecule has 2 rings (SSSR count). The van der Waals surface area contributed by atoms with Crippen molar-refractivity contribution in [3.63, 3.8) is 0 Å². The number of halogens is 1. The Bertz CT molecular complexity index is 422. The second kappa shape index (κ2) is 5.19. The largest absolute Gasteiger partial charge is 0.469 e. The molecule has 1 unspecified atom stereocenters. The van der Waals surface area contributed by atoms with Gasteiger partial charge in [0.25, 0.3) is 0 Å². The van der Waals surface area contributed by atoms with Crippen LogP contribution in [0.15, 0.2) is 47.1 Å². The molecule has 2 aromatic rings. The number of rotatable bonds is 4. The molecule has 3 heteroatoms. The Morgan fingerprint density at radius 1 is 1.19 bits per heavy atom. The van der Waals surface area contributed by atoms with Gasteiger partial charge in [-0.05, 0) is 36.2 Å². The standard InChI is InChI=1S/C13H14ClNO/c14-12-5-3-10(4-6-12)8-11(9-15)13-2-1-7-16-13/h1-7,11H,8-9,15H2. The fourth-order valence-corrected chi connectivity index (χ4v) is 1.85. The van der Waals surface area contributed by atoms with Gasteiger partial charge in [0.15, 0.2) is 0 Å². The first-order valence-corrected chi connectivity index (χ1v) is 5.65. The number of benzene rings is 1. The van der Waals surface area contributed by atoms with Crippen molar-refractivity contribution in [2.45, 2.75) is 12.3 Å². The highest BCUT2D eigenvalue weighted by Crippen LogP contribution is 2.21. The normalized spacial score (nSPS) is 12.6. The summed E-state index contributed by atoms with van der Waals surface area (Å²) in [5, 5.41) is 0.756. The Morgan fingerprint density at radius 2 is 1.94 bits per heavy atom. The predicted octanol–water partition coefficient (Wildman–Crippen LogP) is 3.22. The number of hydrogen-bond donors (Lipinski definition) is 1. The second-order valence-electron chi connectivity index (χ2n) is 3.78. The predicted molar refractivity (Wildman–Crippen MR) is 65.7 cm³/mol. The zero-order valence-electron chi connectivity index (χ0n) is 8.90. The van der Waals surface area contributed by atoms with Crippen molar-refractivity contribution in [2.24, 2.45) is 5.73 Å². The van der Waals surface area contributed by atoms with Crippen LogP contribution < -0.4 is 5.73 Å². The molecule has 1 aromatic heterocycles. The monoisotopic (exact) mass is 235 g/mol. The third-order valence-electron chi connectivity index (χ3n) is 2.63. The average molecular weight is 236 g/mol. The minimum atomic E-state index is 0.233. The fourth-order valence-electron chi connectivity index (χ4n) is 1.73. The summed E-state index contributed by atoms with van der Waals surface area (Å²) in [6.45, 7) is 0.580. The first kappa shape index (κ1) is 11.2. The Balaban J connectivity index is 2.10. The van der Waals surface area contributed by atoms with Gasteiger partial charge in [0.05, 0.1) is 6.26 Å². The third-order valence-corrected chi connectivity index (χ3v) is 2.88. The molecule has 0 saturated heterocycles. The van der Waals surface area contributed by atoms with Crippen LogP contribution in [-0.2, 0) is 6.42 Å². The van der Waals surface area contributed by atoms with Crippen molar-refractivity contribution in [1.82, 2.24) is 0 Å². The van der Waals surface area contributed by atoms with E-state index >= 15 is 0 Å². The minimum absolute atomic E-state index is 0.233. The molecule has 2 nitrogen and oxygen atoms in total. The lowest BCUT2D eigenvalue weighted by molar-refractivity contribution is 0.462. The topological polar surface area (TPSA) is 39.2 Å². The van der Waals surface area contributed by atoms with E-state index in [1.807, 2.05) is 36.4 Å². The van der Waals surface area contributed by atoms with Gasteiger partial charge in [-0.1, -0.05) is 23.7 Å². The van der Waals surface area contributed by atoms with Crippen LogP contribution in [0.5, 0.6) is 0 Å². The molecule has 84 valence electrons. The van der Waals surface area contributed by atoms with Gasteiger partial charge in [0, 0.05) is 17.5 Å². The van der Waals surface area contributed by atoms with Gasteiger partial charge in [0.1, 0.15) is 5.76 Å². The molecular weight excluding hydrogens is 222 g/mol. The van der Waals surface area contributed by atoms with E-state index in [4.69, 9.17) is 21.8 Å². The van der Waals surface area contributed by atoms with E-state index in [-0.39, 0.29) is 5.92 Å². The Hall–Kier alpha value is -1.25. The van der Waals surface area contributed by atoms with E-state index < -0.39 is 0 Å². The molecule has 0 bridgehead atoms. The highest BCUT2D eigenvalue weighted by molar-refractivity contribution is 6.30. The average Bonchev–Trinajstić information content (AvgIpc) is 2.82. The molecule has 0 fully saturated rings. The van der Waals surface area contributed by atoms with E-state index in [0.717, 1.165) is 17.2 Å².